The van der Waals surface area contributed by atoms with Crippen LogP contribution in [0.1, 0.15) is 17.2 Å². The Kier molecular flexibility index (Phi) is 4.42. The molecular formula is C16H19NO2. The van der Waals surface area contributed by atoms with Crippen LogP contribution in [0.4, 0.5) is 5.69 Å². The molecule has 3 nitrogen and oxygen atoms in total. The van der Waals surface area contributed by atoms with Gasteiger partial charge in [-0.3, -0.25) is 0 Å². The van der Waals surface area contributed by atoms with Crippen molar-refractivity contribution in [2.24, 2.45) is 0 Å². The molecule has 100 valence electrons. The summed E-state index contributed by atoms with van der Waals surface area (Å²) in [6.07, 6.45) is 0. The maximum Gasteiger partial charge on any atom is 0.141 e. The highest BCUT2D eigenvalue weighted by molar-refractivity contribution is 5.57. The summed E-state index contributed by atoms with van der Waals surface area (Å²) in [7, 11) is 1.64. The Morgan fingerprint density at radius 2 is 1.79 bits per heavy atom. The van der Waals surface area contributed by atoms with Gasteiger partial charge >= 0.3 is 0 Å². The normalized spacial score (nSPS) is 11.9. The number of hydrogen-bond acceptors (Lipinski definition) is 3. The fourth-order valence-corrected chi connectivity index (χ4v) is 2.15. The summed E-state index contributed by atoms with van der Waals surface area (Å²) in [6, 6.07) is 15.6. The highest BCUT2D eigenvalue weighted by Crippen LogP contribution is 2.28. The summed E-state index contributed by atoms with van der Waals surface area (Å²) in [5.74, 6) is 0.773. The first-order chi connectivity index (χ1) is 9.26. The molecule has 0 radical (unpaired) electrons. The van der Waals surface area contributed by atoms with Crippen molar-refractivity contribution in [1.29, 1.82) is 0 Å². The van der Waals surface area contributed by atoms with Crippen LogP contribution in [0.2, 0.25) is 0 Å². The number of anilines is 1. The first kappa shape index (κ1) is 13.4. The molecule has 2 aromatic carbocycles. The number of aliphatic hydroxyl groups excluding tert-OH is 1. The Balaban J connectivity index is 2.27. The zero-order valence-corrected chi connectivity index (χ0v) is 11.3. The molecule has 0 saturated heterocycles. The van der Waals surface area contributed by atoms with Crippen molar-refractivity contribution in [3.63, 3.8) is 0 Å². The van der Waals surface area contributed by atoms with Crippen molar-refractivity contribution in [1.82, 2.24) is 0 Å². The van der Waals surface area contributed by atoms with Crippen LogP contribution in [0.25, 0.3) is 0 Å². The first-order valence-corrected chi connectivity index (χ1v) is 6.32. The maximum atomic E-state index is 9.63. The molecule has 0 amide bonds. The van der Waals surface area contributed by atoms with Gasteiger partial charge in [-0.2, -0.15) is 0 Å². The molecule has 2 aromatic rings. The summed E-state index contributed by atoms with van der Waals surface area (Å²) in [5, 5.41) is 13.0. The van der Waals surface area contributed by atoms with Gasteiger partial charge in [-0.05, 0) is 30.2 Å². The molecule has 0 aliphatic carbocycles. The molecule has 0 spiro atoms. The second-order valence-electron chi connectivity index (χ2n) is 4.44. The summed E-state index contributed by atoms with van der Waals surface area (Å²) in [6.45, 7) is 2.07. The van der Waals surface area contributed by atoms with Gasteiger partial charge in [-0.25, -0.2) is 0 Å². The summed E-state index contributed by atoms with van der Waals surface area (Å²) < 4.78 is 5.31. The minimum absolute atomic E-state index is 0.0307. The number of para-hydroxylation sites is 2. The average molecular weight is 257 g/mol. The number of rotatable bonds is 5. The number of benzene rings is 2. The fourth-order valence-electron chi connectivity index (χ4n) is 2.15. The third kappa shape index (κ3) is 3.06. The molecule has 2 rings (SSSR count). The van der Waals surface area contributed by atoms with Gasteiger partial charge in [0, 0.05) is 0 Å². The molecule has 1 atom stereocenters. The van der Waals surface area contributed by atoms with Gasteiger partial charge in [0.15, 0.2) is 0 Å². The van der Waals surface area contributed by atoms with E-state index in [2.05, 4.69) is 5.32 Å². The van der Waals surface area contributed by atoms with E-state index < -0.39 is 0 Å². The van der Waals surface area contributed by atoms with Crippen LogP contribution in [-0.4, -0.2) is 18.8 Å². The third-order valence-corrected chi connectivity index (χ3v) is 3.18. The SMILES string of the molecule is COc1ccccc1NC(CO)c1ccccc1C. The number of methoxy groups -OCH3 is 1. The molecular weight excluding hydrogens is 238 g/mol. The van der Waals surface area contributed by atoms with Crippen molar-refractivity contribution in [2.45, 2.75) is 13.0 Å². The standard InChI is InChI=1S/C16H19NO2/c1-12-7-3-4-8-13(12)15(11-18)17-14-9-5-6-10-16(14)19-2/h3-10,15,17-18H,11H2,1-2H3. The first-order valence-electron chi connectivity index (χ1n) is 6.32. The lowest BCUT2D eigenvalue weighted by atomic mass is 10.0. The van der Waals surface area contributed by atoms with Gasteiger partial charge in [0.25, 0.3) is 0 Å². The lowest BCUT2D eigenvalue weighted by molar-refractivity contribution is 0.275. The van der Waals surface area contributed by atoms with Crippen LogP contribution >= 0.6 is 0 Å². The van der Waals surface area contributed by atoms with Crippen LogP contribution in [0.15, 0.2) is 48.5 Å². The Labute approximate surface area is 113 Å². The van der Waals surface area contributed by atoms with Gasteiger partial charge in [-0.15, -0.1) is 0 Å². The Hall–Kier alpha value is -2.00. The van der Waals surface area contributed by atoms with Crippen LogP contribution in [-0.2, 0) is 0 Å². The Morgan fingerprint density at radius 1 is 1.11 bits per heavy atom. The number of aliphatic hydroxyl groups is 1. The molecule has 0 heterocycles. The second kappa shape index (κ2) is 6.25. The molecule has 0 aliphatic heterocycles. The molecule has 0 aromatic heterocycles. The van der Waals surface area contributed by atoms with Crippen molar-refractivity contribution < 1.29 is 9.84 Å². The topological polar surface area (TPSA) is 41.5 Å². The summed E-state index contributed by atoms with van der Waals surface area (Å²) in [4.78, 5) is 0. The molecule has 0 bridgehead atoms. The average Bonchev–Trinajstić information content (AvgIpc) is 2.46. The highest BCUT2D eigenvalue weighted by atomic mass is 16.5. The monoisotopic (exact) mass is 257 g/mol. The van der Waals surface area contributed by atoms with Gasteiger partial charge < -0.3 is 15.2 Å². The highest BCUT2D eigenvalue weighted by Gasteiger charge is 2.14. The van der Waals surface area contributed by atoms with Crippen molar-refractivity contribution in [2.75, 3.05) is 19.0 Å². The van der Waals surface area contributed by atoms with E-state index in [9.17, 15) is 5.11 Å². The lowest BCUT2D eigenvalue weighted by Crippen LogP contribution is -2.16. The van der Waals surface area contributed by atoms with Crippen LogP contribution < -0.4 is 10.1 Å². The predicted molar refractivity (Wildman–Crippen MR) is 77.6 cm³/mol. The quantitative estimate of drug-likeness (QED) is 0.864. The van der Waals surface area contributed by atoms with E-state index in [0.29, 0.717) is 0 Å². The van der Waals surface area contributed by atoms with E-state index in [4.69, 9.17) is 4.74 Å². The number of hydrogen-bond donors (Lipinski definition) is 2. The minimum atomic E-state index is -0.141. The Morgan fingerprint density at radius 3 is 2.47 bits per heavy atom. The van der Waals surface area contributed by atoms with E-state index in [1.807, 2.05) is 55.5 Å². The van der Waals surface area contributed by atoms with Crippen molar-refractivity contribution in [3.05, 3.63) is 59.7 Å². The van der Waals surface area contributed by atoms with Crippen LogP contribution in [0.3, 0.4) is 0 Å². The molecule has 0 fully saturated rings. The minimum Gasteiger partial charge on any atom is -0.495 e. The van der Waals surface area contributed by atoms with Gasteiger partial charge in [-0.1, -0.05) is 36.4 Å². The van der Waals surface area contributed by atoms with Gasteiger partial charge in [0.05, 0.1) is 25.4 Å². The maximum absolute atomic E-state index is 9.63. The largest absolute Gasteiger partial charge is 0.495 e. The zero-order valence-electron chi connectivity index (χ0n) is 11.3. The molecule has 1 unspecified atom stereocenters. The van der Waals surface area contributed by atoms with Crippen LogP contribution in [0, 0.1) is 6.92 Å². The Bertz CT molecular complexity index is 540. The number of nitrogens with one attached hydrogen (secondary N) is 1. The zero-order chi connectivity index (χ0) is 13.7. The van der Waals surface area contributed by atoms with Crippen LogP contribution in [0.5, 0.6) is 5.75 Å². The summed E-state index contributed by atoms with van der Waals surface area (Å²) in [5.41, 5.74) is 3.13. The third-order valence-electron chi connectivity index (χ3n) is 3.18. The van der Waals surface area contributed by atoms with Gasteiger partial charge in [0.2, 0.25) is 0 Å². The van der Waals surface area contributed by atoms with Crippen molar-refractivity contribution >= 4 is 5.69 Å². The molecule has 2 N–H and O–H groups in total. The fraction of sp³-hybridized carbons (Fsp3) is 0.250. The smallest absolute Gasteiger partial charge is 0.141 e. The van der Waals surface area contributed by atoms with Crippen molar-refractivity contribution in [3.8, 4) is 5.75 Å². The van der Waals surface area contributed by atoms with E-state index in [-0.39, 0.29) is 12.6 Å². The van der Waals surface area contributed by atoms with E-state index in [1.165, 1.54) is 0 Å². The van der Waals surface area contributed by atoms with E-state index in [1.54, 1.807) is 7.11 Å². The molecule has 0 saturated carbocycles. The number of aryl methyl sites for hydroxylation is 1. The molecule has 19 heavy (non-hydrogen) atoms. The van der Waals surface area contributed by atoms with E-state index in [0.717, 1.165) is 22.6 Å². The summed E-state index contributed by atoms with van der Waals surface area (Å²) >= 11 is 0. The van der Waals surface area contributed by atoms with E-state index >= 15 is 0 Å². The number of ether oxygens (including phenoxy) is 1. The second-order valence-corrected chi connectivity index (χ2v) is 4.44. The lowest BCUT2D eigenvalue weighted by Gasteiger charge is -2.21. The predicted octanol–water partition coefficient (Wildman–Crippen LogP) is 3.15. The molecule has 0 aliphatic rings. The molecule has 3 heteroatoms. The van der Waals surface area contributed by atoms with Gasteiger partial charge in [0.1, 0.15) is 5.75 Å².